The van der Waals surface area contributed by atoms with E-state index in [1.807, 2.05) is 0 Å². The maximum Gasteiger partial charge on any atom is 0.248 e. The molecule has 0 aromatic rings. The van der Waals surface area contributed by atoms with Gasteiger partial charge in [-0.15, -0.1) is 0 Å². The van der Waals surface area contributed by atoms with Crippen LogP contribution in [0.25, 0.3) is 0 Å². The normalized spacial score (nSPS) is 14.2. The van der Waals surface area contributed by atoms with Crippen molar-refractivity contribution in [2.45, 2.75) is 103 Å². The van der Waals surface area contributed by atoms with Gasteiger partial charge in [0.05, 0.1) is 25.0 Å². The van der Waals surface area contributed by atoms with Crippen molar-refractivity contribution >= 4 is 23.6 Å². The second kappa shape index (κ2) is 20.7. The molecule has 0 fully saturated rings. The summed E-state index contributed by atoms with van der Waals surface area (Å²) < 4.78 is 0. The molecule has 2 unspecified atom stereocenters. The molecule has 0 saturated carbocycles. The van der Waals surface area contributed by atoms with Crippen molar-refractivity contribution in [3.8, 4) is 0 Å². The summed E-state index contributed by atoms with van der Waals surface area (Å²) in [5.74, 6) is -1.30. The lowest BCUT2D eigenvalue weighted by molar-refractivity contribution is -0.134. The molecule has 0 aliphatic heterocycles. The monoisotopic (exact) mass is 546 g/mol. The van der Waals surface area contributed by atoms with E-state index in [9.17, 15) is 39.6 Å². The Morgan fingerprint density at radius 2 is 0.921 bits per heavy atom. The van der Waals surface area contributed by atoms with Gasteiger partial charge < -0.3 is 40.9 Å². The number of nitrogens with zero attached hydrogens (tertiary/aromatic N) is 2. The van der Waals surface area contributed by atoms with Crippen LogP contribution in [-0.2, 0) is 19.2 Å². The first-order chi connectivity index (χ1) is 17.9. The van der Waals surface area contributed by atoms with Crippen LogP contribution in [0.2, 0.25) is 0 Å². The molecule has 12 heteroatoms. The lowest BCUT2D eigenvalue weighted by atomic mass is 10.2. The fraction of sp³-hybridized carbons (Fsp3) is 0.846. The van der Waals surface area contributed by atoms with Crippen molar-refractivity contribution in [1.29, 1.82) is 0 Å². The van der Waals surface area contributed by atoms with E-state index >= 15 is 0 Å². The van der Waals surface area contributed by atoms with Crippen molar-refractivity contribution in [3.63, 3.8) is 0 Å². The maximum atomic E-state index is 12.6. The van der Waals surface area contributed by atoms with Crippen LogP contribution in [0.1, 0.15) is 79.1 Å². The van der Waals surface area contributed by atoms with Crippen LogP contribution >= 0.6 is 0 Å². The van der Waals surface area contributed by atoms with E-state index in [0.29, 0.717) is 77.8 Å². The molecular weight excluding hydrogens is 496 g/mol. The summed E-state index contributed by atoms with van der Waals surface area (Å²) in [7, 11) is 0. The molecule has 0 aliphatic rings. The molecule has 0 saturated heterocycles. The predicted octanol–water partition coefficient (Wildman–Crippen LogP) is -0.480. The van der Waals surface area contributed by atoms with Crippen LogP contribution < -0.4 is 10.6 Å². The number of aliphatic hydroxyl groups excluding tert-OH is 4. The predicted molar refractivity (Wildman–Crippen MR) is 143 cm³/mol. The summed E-state index contributed by atoms with van der Waals surface area (Å²) in [6.45, 7) is 8.69. The van der Waals surface area contributed by atoms with Gasteiger partial charge in [-0.2, -0.15) is 0 Å². The lowest BCUT2D eigenvalue weighted by Crippen LogP contribution is -2.39. The Labute approximate surface area is 226 Å². The van der Waals surface area contributed by atoms with Crippen LogP contribution in [0.3, 0.4) is 0 Å². The highest BCUT2D eigenvalue weighted by Crippen LogP contribution is 2.07. The molecule has 38 heavy (non-hydrogen) atoms. The number of unbranched alkanes of at least 4 members (excludes halogenated alkanes) is 1. The summed E-state index contributed by atoms with van der Waals surface area (Å²) in [4.78, 5) is 51.9. The van der Waals surface area contributed by atoms with E-state index in [1.54, 1.807) is 37.5 Å². The molecular formula is C26H50N4O8. The Hall–Kier alpha value is -2.28. The lowest BCUT2D eigenvalue weighted by Gasteiger charge is -2.26. The number of aliphatic hydroxyl groups is 4. The van der Waals surface area contributed by atoms with Crippen LogP contribution in [0, 0.1) is 0 Å². The zero-order valence-electron chi connectivity index (χ0n) is 23.5. The third-order valence-corrected chi connectivity index (χ3v) is 5.94. The minimum absolute atomic E-state index is 0.0155. The van der Waals surface area contributed by atoms with E-state index in [4.69, 9.17) is 0 Å². The van der Waals surface area contributed by atoms with Crippen molar-refractivity contribution in [1.82, 2.24) is 20.4 Å². The van der Waals surface area contributed by atoms with Crippen molar-refractivity contribution < 1.29 is 39.6 Å². The van der Waals surface area contributed by atoms with Crippen molar-refractivity contribution in [2.75, 3.05) is 39.3 Å². The van der Waals surface area contributed by atoms with Gasteiger partial charge in [0.2, 0.25) is 23.6 Å². The number of carbonyl (C=O) groups excluding carboxylic acids is 4. The minimum atomic E-state index is -1.05. The molecule has 6 N–H and O–H groups in total. The Morgan fingerprint density at radius 3 is 1.21 bits per heavy atom. The number of rotatable bonds is 21. The second-order valence-corrected chi connectivity index (χ2v) is 9.71. The summed E-state index contributed by atoms with van der Waals surface area (Å²) in [5.41, 5.74) is 0. The number of carbonyl (C=O) groups is 4. The SMILES string of the molecule is CCC(O)C(=O)NCCCN(CCCCN(CCCNC(=O)C(O)CC)C(=O)C[C@@H](C)O)C(=O)C[C@@H](C)O. The molecule has 0 rings (SSSR count). The highest BCUT2D eigenvalue weighted by Gasteiger charge is 2.19. The molecule has 0 aliphatic carbocycles. The van der Waals surface area contributed by atoms with Crippen LogP contribution in [0.15, 0.2) is 0 Å². The summed E-state index contributed by atoms with van der Waals surface area (Å²) in [6, 6.07) is 0. The van der Waals surface area contributed by atoms with Gasteiger partial charge >= 0.3 is 0 Å². The van der Waals surface area contributed by atoms with Crippen molar-refractivity contribution in [2.24, 2.45) is 0 Å². The number of hydrogen-bond acceptors (Lipinski definition) is 8. The zero-order chi connectivity index (χ0) is 29.1. The Balaban J connectivity index is 4.79. The molecule has 0 spiro atoms. The molecule has 0 heterocycles. The average Bonchev–Trinajstić information content (AvgIpc) is 2.86. The highest BCUT2D eigenvalue weighted by molar-refractivity contribution is 5.80. The Bertz CT molecular complexity index is 647. The molecule has 0 aromatic carbocycles. The summed E-state index contributed by atoms with van der Waals surface area (Å²) in [5, 5.41) is 43.6. The Kier molecular flexibility index (Phi) is 19.4. The molecule has 222 valence electrons. The smallest absolute Gasteiger partial charge is 0.248 e. The third kappa shape index (κ3) is 16.5. The van der Waals surface area contributed by atoms with Gasteiger partial charge in [0, 0.05) is 39.3 Å². The maximum absolute atomic E-state index is 12.6. The second-order valence-electron chi connectivity index (χ2n) is 9.71. The molecule has 0 aromatic heterocycles. The summed E-state index contributed by atoms with van der Waals surface area (Å²) >= 11 is 0. The first kappa shape index (κ1) is 35.7. The average molecular weight is 547 g/mol. The fourth-order valence-electron chi connectivity index (χ4n) is 3.66. The third-order valence-electron chi connectivity index (χ3n) is 5.94. The number of nitrogens with one attached hydrogen (secondary N) is 2. The van der Waals surface area contributed by atoms with E-state index in [1.165, 1.54) is 0 Å². The van der Waals surface area contributed by atoms with Gasteiger partial charge in [0.1, 0.15) is 12.2 Å². The van der Waals surface area contributed by atoms with Crippen LogP contribution in [0.4, 0.5) is 0 Å². The Morgan fingerprint density at radius 1 is 0.605 bits per heavy atom. The zero-order valence-corrected chi connectivity index (χ0v) is 23.5. The first-order valence-electron chi connectivity index (χ1n) is 13.8. The van der Waals surface area contributed by atoms with Crippen molar-refractivity contribution in [3.05, 3.63) is 0 Å². The fourth-order valence-corrected chi connectivity index (χ4v) is 3.66. The first-order valence-corrected chi connectivity index (χ1v) is 13.8. The quantitative estimate of drug-likeness (QED) is 0.104. The van der Waals surface area contributed by atoms with E-state index in [2.05, 4.69) is 10.6 Å². The van der Waals surface area contributed by atoms with Gasteiger partial charge in [-0.05, 0) is 52.4 Å². The molecule has 12 nitrogen and oxygen atoms in total. The minimum Gasteiger partial charge on any atom is -0.393 e. The topological polar surface area (TPSA) is 180 Å². The largest absolute Gasteiger partial charge is 0.393 e. The van der Waals surface area contributed by atoms with E-state index < -0.39 is 36.2 Å². The van der Waals surface area contributed by atoms with Crippen LogP contribution in [-0.4, -0.2) is 118 Å². The van der Waals surface area contributed by atoms with E-state index in [-0.39, 0.29) is 24.7 Å². The van der Waals surface area contributed by atoms with Gasteiger partial charge in [0.25, 0.3) is 0 Å². The standard InChI is InChI=1S/C26H50N4O8/c1-5-21(33)25(37)27-11-9-15-29(23(35)17-19(3)31)13-7-8-14-30(24(36)18-20(4)32)16-10-12-28-26(38)22(34)6-2/h19-22,31-34H,5-18H2,1-4H3,(H,27,37)(H,28,38)/t19-,20-,21?,22?/m1/s1. The van der Waals surface area contributed by atoms with E-state index in [0.717, 1.165) is 0 Å². The van der Waals surface area contributed by atoms with Gasteiger partial charge in [-0.3, -0.25) is 19.2 Å². The number of hydrogen-bond donors (Lipinski definition) is 6. The summed E-state index contributed by atoms with van der Waals surface area (Å²) in [6.07, 6.45) is -0.880. The highest BCUT2D eigenvalue weighted by atomic mass is 16.3. The molecule has 4 atom stereocenters. The molecule has 4 amide bonds. The van der Waals surface area contributed by atoms with Crippen LogP contribution in [0.5, 0.6) is 0 Å². The van der Waals surface area contributed by atoms with Gasteiger partial charge in [-0.25, -0.2) is 0 Å². The molecule has 0 bridgehead atoms. The van der Waals surface area contributed by atoms with Gasteiger partial charge in [-0.1, -0.05) is 13.8 Å². The number of amides is 4. The molecule has 0 radical (unpaired) electrons. The van der Waals surface area contributed by atoms with Gasteiger partial charge in [0.15, 0.2) is 0 Å².